The molecule has 1 aliphatic rings. The number of nitrogens with one attached hydrogen (secondary N) is 1. The number of amides is 1. The van der Waals surface area contributed by atoms with Gasteiger partial charge in [0.05, 0.1) is 5.75 Å². The summed E-state index contributed by atoms with van der Waals surface area (Å²) in [5.41, 5.74) is 3.88. The van der Waals surface area contributed by atoms with E-state index in [-0.39, 0.29) is 17.4 Å². The maximum absolute atomic E-state index is 12.2. The van der Waals surface area contributed by atoms with Gasteiger partial charge in [-0.25, -0.2) is 0 Å². The van der Waals surface area contributed by atoms with E-state index in [1.54, 1.807) is 12.1 Å². The van der Waals surface area contributed by atoms with Gasteiger partial charge in [-0.15, -0.1) is 0 Å². The molecular formula is C15H11NO2S. The molecule has 2 aromatic rings. The van der Waals surface area contributed by atoms with Crippen molar-refractivity contribution in [3.8, 4) is 11.1 Å². The lowest BCUT2D eigenvalue weighted by molar-refractivity contribution is -0.113. The summed E-state index contributed by atoms with van der Waals surface area (Å²) in [5, 5.41) is 2.74. The average molecular weight is 269 g/mol. The SMILES string of the molecule is O=C(CS)Nc1ccc2c(c1)-c1ccccc1C2=O. The first-order valence-corrected chi connectivity index (χ1v) is 6.53. The molecule has 3 rings (SSSR count). The van der Waals surface area contributed by atoms with Gasteiger partial charge in [-0.1, -0.05) is 24.3 Å². The predicted octanol–water partition coefficient (Wildman–Crippen LogP) is 2.77. The number of fused-ring (bicyclic) bond motifs is 3. The van der Waals surface area contributed by atoms with Crippen molar-refractivity contribution in [2.45, 2.75) is 0 Å². The topological polar surface area (TPSA) is 46.2 Å². The number of hydrogen-bond donors (Lipinski definition) is 2. The molecule has 0 aromatic heterocycles. The van der Waals surface area contributed by atoms with Gasteiger partial charge in [-0.05, 0) is 29.3 Å². The standard InChI is InChI=1S/C15H11NO2S/c17-14(8-19)16-9-5-6-12-13(7-9)10-3-1-2-4-11(10)15(12)18/h1-7,19H,8H2,(H,16,17). The average Bonchev–Trinajstić information content (AvgIpc) is 2.73. The molecule has 1 amide bonds. The molecule has 1 N–H and O–H groups in total. The summed E-state index contributed by atoms with van der Waals surface area (Å²) in [6.45, 7) is 0. The third-order valence-corrected chi connectivity index (χ3v) is 3.44. The van der Waals surface area contributed by atoms with Crippen LogP contribution in [0.15, 0.2) is 42.5 Å². The van der Waals surface area contributed by atoms with Crippen LogP contribution in [0.3, 0.4) is 0 Å². The summed E-state index contributed by atoms with van der Waals surface area (Å²) in [6, 6.07) is 12.8. The second kappa shape index (κ2) is 4.55. The van der Waals surface area contributed by atoms with E-state index in [0.717, 1.165) is 16.7 Å². The molecule has 0 spiro atoms. The van der Waals surface area contributed by atoms with Crippen molar-refractivity contribution >= 4 is 30.0 Å². The molecule has 0 saturated heterocycles. The molecule has 0 heterocycles. The summed E-state index contributed by atoms with van der Waals surface area (Å²) in [7, 11) is 0. The first-order valence-electron chi connectivity index (χ1n) is 5.89. The molecule has 0 radical (unpaired) electrons. The number of thiol groups is 1. The number of carbonyl (C=O) groups is 2. The number of benzene rings is 2. The van der Waals surface area contributed by atoms with Crippen molar-refractivity contribution in [3.05, 3.63) is 53.6 Å². The van der Waals surface area contributed by atoms with Crippen LogP contribution in [0.25, 0.3) is 11.1 Å². The van der Waals surface area contributed by atoms with Gasteiger partial charge in [0, 0.05) is 16.8 Å². The van der Waals surface area contributed by atoms with Crippen LogP contribution in [-0.2, 0) is 4.79 Å². The second-order valence-corrected chi connectivity index (χ2v) is 4.66. The van der Waals surface area contributed by atoms with Gasteiger partial charge in [-0.3, -0.25) is 9.59 Å². The Bertz CT molecular complexity index is 694. The zero-order valence-corrected chi connectivity index (χ0v) is 10.9. The van der Waals surface area contributed by atoms with Crippen LogP contribution >= 0.6 is 12.6 Å². The van der Waals surface area contributed by atoms with Crippen LogP contribution in [-0.4, -0.2) is 17.4 Å². The van der Waals surface area contributed by atoms with Crippen molar-refractivity contribution in [3.63, 3.8) is 0 Å². The van der Waals surface area contributed by atoms with Gasteiger partial charge in [0.1, 0.15) is 0 Å². The van der Waals surface area contributed by atoms with Crippen molar-refractivity contribution in [2.24, 2.45) is 0 Å². The minimum atomic E-state index is -0.166. The Morgan fingerprint density at radius 3 is 2.42 bits per heavy atom. The Labute approximate surface area is 116 Å². The maximum atomic E-state index is 12.2. The van der Waals surface area contributed by atoms with Gasteiger partial charge < -0.3 is 5.32 Å². The van der Waals surface area contributed by atoms with Crippen molar-refractivity contribution in [1.82, 2.24) is 0 Å². The first-order chi connectivity index (χ1) is 9.20. The van der Waals surface area contributed by atoms with Crippen LogP contribution in [0.4, 0.5) is 5.69 Å². The Morgan fingerprint density at radius 2 is 1.68 bits per heavy atom. The largest absolute Gasteiger partial charge is 0.325 e. The number of hydrogen-bond acceptors (Lipinski definition) is 3. The zero-order chi connectivity index (χ0) is 13.4. The highest BCUT2D eigenvalue weighted by Gasteiger charge is 2.26. The van der Waals surface area contributed by atoms with E-state index >= 15 is 0 Å². The van der Waals surface area contributed by atoms with E-state index in [2.05, 4.69) is 17.9 Å². The molecule has 0 saturated carbocycles. The molecule has 0 fully saturated rings. The lowest BCUT2D eigenvalue weighted by Gasteiger charge is -2.06. The fraction of sp³-hybridized carbons (Fsp3) is 0.0667. The summed E-state index contributed by atoms with van der Waals surface area (Å²) < 4.78 is 0. The summed E-state index contributed by atoms with van der Waals surface area (Å²) >= 11 is 3.92. The van der Waals surface area contributed by atoms with E-state index in [1.165, 1.54) is 0 Å². The molecular weight excluding hydrogens is 258 g/mol. The van der Waals surface area contributed by atoms with Crippen LogP contribution in [0.5, 0.6) is 0 Å². The molecule has 0 unspecified atom stereocenters. The minimum absolute atomic E-state index is 0.0395. The fourth-order valence-corrected chi connectivity index (χ4v) is 2.38. The highest BCUT2D eigenvalue weighted by Crippen LogP contribution is 2.37. The maximum Gasteiger partial charge on any atom is 0.234 e. The first kappa shape index (κ1) is 12.0. The van der Waals surface area contributed by atoms with E-state index in [4.69, 9.17) is 0 Å². The fourth-order valence-electron chi connectivity index (χ4n) is 2.30. The summed E-state index contributed by atoms with van der Waals surface area (Å²) in [5.74, 6) is 0.00522. The van der Waals surface area contributed by atoms with E-state index in [1.807, 2.05) is 30.3 Å². The van der Waals surface area contributed by atoms with Crippen LogP contribution in [0.1, 0.15) is 15.9 Å². The second-order valence-electron chi connectivity index (χ2n) is 4.34. The molecule has 0 aliphatic heterocycles. The van der Waals surface area contributed by atoms with Gasteiger partial charge >= 0.3 is 0 Å². The van der Waals surface area contributed by atoms with E-state index < -0.39 is 0 Å². The molecule has 19 heavy (non-hydrogen) atoms. The van der Waals surface area contributed by atoms with Gasteiger partial charge in [-0.2, -0.15) is 12.6 Å². The van der Waals surface area contributed by atoms with E-state index in [9.17, 15) is 9.59 Å². The predicted molar refractivity (Wildman–Crippen MR) is 77.8 cm³/mol. The molecule has 0 bridgehead atoms. The van der Waals surface area contributed by atoms with Crippen molar-refractivity contribution in [2.75, 3.05) is 11.1 Å². The van der Waals surface area contributed by atoms with Crippen molar-refractivity contribution in [1.29, 1.82) is 0 Å². The van der Waals surface area contributed by atoms with Gasteiger partial charge in [0.15, 0.2) is 5.78 Å². The summed E-state index contributed by atoms with van der Waals surface area (Å²) in [6.07, 6.45) is 0. The number of carbonyl (C=O) groups excluding carboxylic acids is 2. The normalized spacial score (nSPS) is 11.9. The third-order valence-electron chi connectivity index (χ3n) is 3.15. The number of ketones is 1. The Balaban J connectivity index is 2.08. The zero-order valence-electron chi connectivity index (χ0n) is 10.0. The third kappa shape index (κ3) is 1.94. The Kier molecular flexibility index (Phi) is 2.87. The molecule has 4 heteroatoms. The highest BCUT2D eigenvalue weighted by atomic mass is 32.1. The summed E-state index contributed by atoms with van der Waals surface area (Å²) in [4.78, 5) is 23.5. The van der Waals surface area contributed by atoms with Crippen LogP contribution in [0, 0.1) is 0 Å². The van der Waals surface area contributed by atoms with Crippen LogP contribution < -0.4 is 5.32 Å². The monoisotopic (exact) mass is 269 g/mol. The minimum Gasteiger partial charge on any atom is -0.325 e. The Hall–Kier alpha value is -2.07. The molecule has 0 atom stereocenters. The van der Waals surface area contributed by atoms with E-state index in [0.29, 0.717) is 11.3 Å². The molecule has 94 valence electrons. The lowest BCUT2D eigenvalue weighted by Crippen LogP contribution is -2.12. The number of anilines is 1. The Morgan fingerprint density at radius 1 is 1.00 bits per heavy atom. The quantitative estimate of drug-likeness (QED) is 0.703. The lowest BCUT2D eigenvalue weighted by atomic mass is 10.1. The number of rotatable bonds is 2. The molecule has 2 aromatic carbocycles. The highest BCUT2D eigenvalue weighted by molar-refractivity contribution is 7.81. The molecule has 1 aliphatic carbocycles. The van der Waals surface area contributed by atoms with Gasteiger partial charge in [0.25, 0.3) is 0 Å². The van der Waals surface area contributed by atoms with Gasteiger partial charge in [0.2, 0.25) is 5.91 Å². The smallest absolute Gasteiger partial charge is 0.234 e. The van der Waals surface area contributed by atoms with Crippen molar-refractivity contribution < 1.29 is 9.59 Å². The van der Waals surface area contributed by atoms with Crippen LogP contribution in [0.2, 0.25) is 0 Å². The molecule has 3 nitrogen and oxygen atoms in total.